The summed E-state index contributed by atoms with van der Waals surface area (Å²) in [4.78, 5) is 21.7. The maximum absolute atomic E-state index is 10.8. The predicted octanol–water partition coefficient (Wildman–Crippen LogP) is 0.373. The average molecular weight is 189 g/mol. The van der Waals surface area contributed by atoms with Gasteiger partial charge in [0.1, 0.15) is 0 Å². The number of hydrogen-bond donors (Lipinski definition) is 0. The molecule has 70 valence electrons. The van der Waals surface area contributed by atoms with Crippen molar-refractivity contribution in [2.24, 2.45) is 0 Å². The van der Waals surface area contributed by atoms with Crippen LogP contribution in [0, 0.1) is 11.3 Å². The maximum Gasteiger partial charge on any atom is 0.0631 e. The highest BCUT2D eigenvalue weighted by atomic mass is 31.2. The van der Waals surface area contributed by atoms with Gasteiger partial charge in [0.25, 0.3) is 0 Å². The van der Waals surface area contributed by atoms with E-state index in [0.29, 0.717) is 0 Å². The van der Waals surface area contributed by atoms with E-state index in [-0.39, 0.29) is 19.3 Å². The van der Waals surface area contributed by atoms with E-state index >= 15 is 0 Å². The summed E-state index contributed by atoms with van der Waals surface area (Å²) >= 11 is 0. The van der Waals surface area contributed by atoms with Crippen molar-refractivity contribution in [2.45, 2.75) is 38.3 Å². The fourth-order valence-electron chi connectivity index (χ4n) is 1.13. The zero-order valence-corrected chi connectivity index (χ0v) is 8.13. The molecule has 0 saturated heterocycles. The molecule has 0 bridgehead atoms. The molecular weight excluding hydrogens is 177 g/mol. The molecule has 0 saturated carbocycles. The van der Waals surface area contributed by atoms with Gasteiger partial charge in [0.2, 0.25) is 0 Å². The summed E-state index contributed by atoms with van der Waals surface area (Å²) in [5, 5.41) is 7.03. The van der Waals surface area contributed by atoms with Crippen molar-refractivity contribution in [1.82, 2.24) is 0 Å². The molecule has 0 aliphatic rings. The molecule has 0 radical (unpaired) electrons. The number of nitrogens with zero attached hydrogens (tertiary/aromatic N) is 1. The van der Waals surface area contributed by atoms with Gasteiger partial charge in [-0.25, -0.2) is 0 Å². The van der Waals surface area contributed by atoms with Crippen molar-refractivity contribution in [3.05, 3.63) is 0 Å². The summed E-state index contributed by atoms with van der Waals surface area (Å²) in [6, 6.07) is 1.74. The van der Waals surface area contributed by atoms with Crippen LogP contribution in [0.1, 0.15) is 33.1 Å². The highest BCUT2D eigenvalue weighted by Gasteiger charge is 2.29. The zero-order valence-electron chi connectivity index (χ0n) is 7.24. The lowest BCUT2D eigenvalue weighted by Crippen LogP contribution is -2.38. The molecule has 0 rings (SSSR count). The van der Waals surface area contributed by atoms with Crippen molar-refractivity contribution in [1.29, 1.82) is 5.26 Å². The predicted molar refractivity (Wildman–Crippen MR) is 41.1 cm³/mol. The molecule has 0 unspecified atom stereocenters. The van der Waals surface area contributed by atoms with Crippen molar-refractivity contribution in [3.8, 4) is 6.07 Å². The molecule has 0 aliphatic carbocycles. The van der Waals surface area contributed by atoms with Crippen LogP contribution in [0.5, 0.6) is 0 Å². The van der Waals surface area contributed by atoms with Crippen LogP contribution in [0.25, 0.3) is 0 Å². The Morgan fingerprint density at radius 3 is 1.92 bits per heavy atom. The van der Waals surface area contributed by atoms with Crippen molar-refractivity contribution in [2.75, 3.05) is 0 Å². The molecule has 0 fully saturated rings. The van der Waals surface area contributed by atoms with E-state index in [2.05, 4.69) is 0 Å². The minimum absolute atomic E-state index is 0.204. The van der Waals surface area contributed by atoms with Crippen LogP contribution in [0.4, 0.5) is 0 Å². The van der Waals surface area contributed by atoms with Crippen LogP contribution >= 0.6 is 7.60 Å². The summed E-state index contributed by atoms with van der Waals surface area (Å²) in [5.74, 6) is 0. The molecule has 0 aromatic heterocycles. The Morgan fingerprint density at radius 1 is 1.42 bits per heavy atom. The fourth-order valence-corrected chi connectivity index (χ4v) is 2.17. The smallest absolute Gasteiger partial charge is 0.0631 e. The Hall–Kier alpha value is -0.360. The first kappa shape index (κ1) is 11.6. The minimum atomic E-state index is -4.65. The van der Waals surface area contributed by atoms with Crippen molar-refractivity contribution in [3.63, 3.8) is 0 Å². The highest BCUT2D eigenvalue weighted by Crippen LogP contribution is 2.49. The molecule has 0 aliphatic heterocycles. The van der Waals surface area contributed by atoms with Crippen LogP contribution in [-0.4, -0.2) is 5.16 Å². The number of hydrogen-bond acceptors (Lipinski definition) is 4. The molecule has 0 heterocycles. The minimum Gasteiger partial charge on any atom is -0.810 e. The van der Waals surface area contributed by atoms with E-state index < -0.39 is 12.8 Å². The quantitative estimate of drug-likeness (QED) is 0.598. The Kier molecular flexibility index (Phi) is 3.92. The maximum atomic E-state index is 10.8. The number of rotatable bonds is 4. The molecule has 5 heteroatoms. The fraction of sp³-hybridized carbons (Fsp3) is 0.857. The van der Waals surface area contributed by atoms with Gasteiger partial charge in [0.05, 0.1) is 6.07 Å². The molecule has 4 nitrogen and oxygen atoms in total. The summed E-state index contributed by atoms with van der Waals surface area (Å²) < 4.78 is 10.8. The van der Waals surface area contributed by atoms with Crippen LogP contribution < -0.4 is 9.79 Å². The van der Waals surface area contributed by atoms with Crippen molar-refractivity contribution >= 4 is 7.60 Å². The summed E-state index contributed by atoms with van der Waals surface area (Å²) in [6.45, 7) is 3.23. The van der Waals surface area contributed by atoms with Gasteiger partial charge < -0.3 is 14.4 Å². The lowest BCUT2D eigenvalue weighted by Gasteiger charge is -2.48. The summed E-state index contributed by atoms with van der Waals surface area (Å²) in [5.41, 5.74) is 0. The standard InChI is InChI=1S/C7H14NO3P/c1-3-7(4-2,5-6-8)12(9,10)11/h3-5H2,1-2H3,(H2,9,10,11)/p-2. The molecular formula is C7H12NO3P-2. The Balaban J connectivity index is 4.86. The molecule has 0 N–H and O–H groups in total. The van der Waals surface area contributed by atoms with Gasteiger partial charge in [-0.3, -0.25) is 0 Å². The lowest BCUT2D eigenvalue weighted by atomic mass is 9.99. The summed E-state index contributed by atoms with van der Waals surface area (Å²) in [7, 11) is -4.65. The van der Waals surface area contributed by atoms with Crippen LogP contribution in [-0.2, 0) is 4.57 Å². The van der Waals surface area contributed by atoms with Gasteiger partial charge in [-0.15, -0.1) is 0 Å². The number of nitriles is 1. The first-order valence-electron chi connectivity index (χ1n) is 3.82. The third kappa shape index (κ3) is 2.07. The molecule has 0 atom stereocenters. The topological polar surface area (TPSA) is 87.0 Å². The van der Waals surface area contributed by atoms with Gasteiger partial charge >= 0.3 is 0 Å². The Bertz CT molecular complexity index is 223. The zero-order chi connectivity index (χ0) is 9.83. The lowest BCUT2D eigenvalue weighted by molar-refractivity contribution is -0.321. The molecule has 0 spiro atoms. The van der Waals surface area contributed by atoms with E-state index in [1.54, 1.807) is 19.9 Å². The first-order chi connectivity index (χ1) is 5.43. The monoisotopic (exact) mass is 189 g/mol. The second-order valence-electron chi connectivity index (χ2n) is 2.76. The SMILES string of the molecule is CCC(CC)(CC#N)P(=O)([O-])[O-]. The van der Waals surface area contributed by atoms with Gasteiger partial charge in [-0.05, 0) is 12.8 Å². The van der Waals surface area contributed by atoms with Crippen LogP contribution in [0.3, 0.4) is 0 Å². The van der Waals surface area contributed by atoms with Crippen LogP contribution in [0.2, 0.25) is 0 Å². The van der Waals surface area contributed by atoms with E-state index in [4.69, 9.17) is 5.26 Å². The molecule has 0 amide bonds. The van der Waals surface area contributed by atoms with E-state index in [1.807, 2.05) is 0 Å². The second kappa shape index (κ2) is 4.04. The molecule has 0 aromatic carbocycles. The average Bonchev–Trinajstić information content (AvgIpc) is 1.98. The van der Waals surface area contributed by atoms with Gasteiger partial charge in [-0.1, -0.05) is 21.4 Å². The van der Waals surface area contributed by atoms with Gasteiger partial charge in [-0.2, -0.15) is 5.26 Å². The highest BCUT2D eigenvalue weighted by molar-refractivity contribution is 7.50. The Labute approximate surface area is 72.4 Å². The van der Waals surface area contributed by atoms with Crippen LogP contribution in [0.15, 0.2) is 0 Å². The molecule has 0 aromatic rings. The van der Waals surface area contributed by atoms with E-state index in [0.717, 1.165) is 0 Å². The normalized spacial score (nSPS) is 12.6. The largest absolute Gasteiger partial charge is 0.810 e. The van der Waals surface area contributed by atoms with Gasteiger partial charge in [0.15, 0.2) is 0 Å². The van der Waals surface area contributed by atoms with E-state index in [1.165, 1.54) is 0 Å². The third-order valence-electron chi connectivity index (χ3n) is 2.31. The second-order valence-corrected chi connectivity index (χ2v) is 4.71. The van der Waals surface area contributed by atoms with E-state index in [9.17, 15) is 14.4 Å². The third-order valence-corrected chi connectivity index (χ3v) is 4.26. The molecule has 12 heavy (non-hydrogen) atoms. The van der Waals surface area contributed by atoms with Gasteiger partial charge in [0, 0.05) is 11.6 Å². The first-order valence-corrected chi connectivity index (χ1v) is 5.37. The summed E-state index contributed by atoms with van der Waals surface area (Å²) in [6.07, 6.45) is 0.215. The Morgan fingerprint density at radius 2 is 1.83 bits per heavy atom. The van der Waals surface area contributed by atoms with Crippen molar-refractivity contribution < 1.29 is 14.4 Å².